The number of hydrogen-bond donors (Lipinski definition) is 1. The van der Waals surface area contributed by atoms with Gasteiger partial charge < -0.3 is 13.3 Å². The summed E-state index contributed by atoms with van der Waals surface area (Å²) in [6, 6.07) is 0.624. The molecule has 0 aliphatic rings. The van der Waals surface area contributed by atoms with E-state index in [2.05, 4.69) is 12.1 Å². The van der Waals surface area contributed by atoms with Gasteiger partial charge in [0, 0.05) is 32.9 Å². The molecule has 0 aliphatic heterocycles. The average Bonchev–Trinajstić information content (AvgIpc) is 2.34. The molecule has 0 spiro atoms. The van der Waals surface area contributed by atoms with E-state index in [1.54, 1.807) is 28.3 Å². The second-order valence-electron chi connectivity index (χ2n) is 3.46. The van der Waals surface area contributed by atoms with Crippen molar-refractivity contribution in [3.05, 3.63) is 12.2 Å². The van der Waals surface area contributed by atoms with E-state index in [0.717, 1.165) is 0 Å². The van der Waals surface area contributed by atoms with Gasteiger partial charge in [-0.05, 0) is 13.3 Å². The first-order valence-corrected chi connectivity index (χ1v) is 7.17. The van der Waals surface area contributed by atoms with Gasteiger partial charge in [-0.15, -0.1) is 0 Å². The Kier molecular flexibility index (Phi) is 8.01. The molecule has 0 aromatic carbocycles. The van der Waals surface area contributed by atoms with Crippen molar-refractivity contribution in [3.8, 4) is 0 Å². The van der Waals surface area contributed by atoms with E-state index in [-0.39, 0.29) is 5.91 Å². The van der Waals surface area contributed by atoms with Crippen LogP contribution in [0.25, 0.3) is 0 Å². The topological polar surface area (TPSA) is 66.0 Å². The van der Waals surface area contributed by atoms with Crippen LogP contribution in [0.2, 0.25) is 6.04 Å². The lowest BCUT2D eigenvalue weighted by Gasteiger charge is -2.24. The fraction of sp³-hybridized carbons (Fsp3) is 0.700. The summed E-state index contributed by atoms with van der Waals surface area (Å²) < 4.78 is 15.7. The van der Waals surface area contributed by atoms with Gasteiger partial charge in [-0.25, -0.2) is 5.48 Å². The molecular weight excluding hydrogens is 242 g/mol. The molecule has 6 nitrogen and oxygen atoms in total. The number of nitrogens with one attached hydrogen (secondary N) is 1. The van der Waals surface area contributed by atoms with Crippen LogP contribution in [0.4, 0.5) is 0 Å². The van der Waals surface area contributed by atoms with E-state index < -0.39 is 8.80 Å². The van der Waals surface area contributed by atoms with Crippen LogP contribution in [0, 0.1) is 0 Å². The smallest absolute Gasteiger partial charge is 0.377 e. The standard InChI is InChI=1S/C10H21NO5Si/c1-9(2)10(12)11-16-7-6-8-17(13-3,14-4)15-5/h1,6-8H2,2-5H3,(H,11,12). The highest BCUT2D eigenvalue weighted by molar-refractivity contribution is 6.60. The van der Waals surface area contributed by atoms with E-state index in [9.17, 15) is 4.79 Å². The highest BCUT2D eigenvalue weighted by Gasteiger charge is 2.36. The Morgan fingerprint density at radius 2 is 1.76 bits per heavy atom. The Labute approximate surface area is 103 Å². The Balaban J connectivity index is 3.76. The van der Waals surface area contributed by atoms with Crippen LogP contribution in [-0.2, 0) is 22.9 Å². The molecular formula is C10H21NO5Si. The monoisotopic (exact) mass is 263 g/mol. The quantitative estimate of drug-likeness (QED) is 0.289. The van der Waals surface area contributed by atoms with Crippen LogP contribution in [0.1, 0.15) is 13.3 Å². The molecule has 0 saturated carbocycles. The first kappa shape index (κ1) is 16.3. The maximum Gasteiger partial charge on any atom is 0.500 e. The molecule has 0 fully saturated rings. The Morgan fingerprint density at radius 1 is 1.24 bits per heavy atom. The third-order valence-corrected chi connectivity index (χ3v) is 5.05. The van der Waals surface area contributed by atoms with Crippen molar-refractivity contribution in [1.82, 2.24) is 5.48 Å². The minimum Gasteiger partial charge on any atom is -0.377 e. The fourth-order valence-corrected chi connectivity index (χ4v) is 2.81. The predicted molar refractivity (Wildman–Crippen MR) is 65.1 cm³/mol. The number of amides is 1. The minimum atomic E-state index is -2.53. The van der Waals surface area contributed by atoms with Gasteiger partial charge in [-0.3, -0.25) is 9.63 Å². The molecule has 0 saturated heterocycles. The zero-order valence-corrected chi connectivity index (χ0v) is 11.9. The summed E-state index contributed by atoms with van der Waals surface area (Å²) in [5.41, 5.74) is 2.68. The number of carbonyl (C=O) groups excluding carboxylic acids is 1. The maximum absolute atomic E-state index is 11.1. The van der Waals surface area contributed by atoms with Crippen LogP contribution in [-0.4, -0.2) is 42.6 Å². The van der Waals surface area contributed by atoms with Crippen LogP contribution in [0.3, 0.4) is 0 Å². The van der Waals surface area contributed by atoms with Crippen molar-refractivity contribution in [2.24, 2.45) is 0 Å². The van der Waals surface area contributed by atoms with E-state index in [1.807, 2.05) is 0 Å². The number of carbonyl (C=O) groups is 1. The van der Waals surface area contributed by atoms with Gasteiger partial charge in [-0.2, -0.15) is 0 Å². The van der Waals surface area contributed by atoms with Gasteiger partial charge in [0.1, 0.15) is 0 Å². The van der Waals surface area contributed by atoms with Gasteiger partial charge in [0.25, 0.3) is 5.91 Å². The highest BCUT2D eigenvalue weighted by Crippen LogP contribution is 2.14. The Bertz CT molecular complexity index is 247. The van der Waals surface area contributed by atoms with Crippen LogP contribution >= 0.6 is 0 Å². The van der Waals surface area contributed by atoms with Crippen molar-refractivity contribution >= 4 is 14.7 Å². The summed E-state index contributed by atoms with van der Waals surface area (Å²) in [4.78, 5) is 16.1. The molecule has 0 atom stereocenters. The van der Waals surface area contributed by atoms with Crippen LogP contribution in [0.15, 0.2) is 12.2 Å². The lowest BCUT2D eigenvalue weighted by molar-refractivity contribution is -0.129. The molecule has 0 bridgehead atoms. The first-order chi connectivity index (χ1) is 8.01. The molecule has 0 aliphatic carbocycles. The fourth-order valence-electron chi connectivity index (χ4n) is 1.12. The Morgan fingerprint density at radius 3 is 2.18 bits per heavy atom. The molecule has 0 radical (unpaired) electrons. The molecule has 1 amide bonds. The zero-order chi connectivity index (χ0) is 13.3. The summed E-state index contributed by atoms with van der Waals surface area (Å²) in [5, 5.41) is 0. The summed E-state index contributed by atoms with van der Waals surface area (Å²) in [5.74, 6) is -0.321. The number of hydroxylamine groups is 1. The molecule has 100 valence electrons. The molecule has 0 unspecified atom stereocenters. The van der Waals surface area contributed by atoms with E-state index in [4.69, 9.17) is 18.1 Å². The van der Waals surface area contributed by atoms with Crippen molar-refractivity contribution in [2.45, 2.75) is 19.4 Å². The average molecular weight is 263 g/mol. The number of rotatable bonds is 9. The molecule has 0 aromatic rings. The molecule has 0 rings (SSSR count). The van der Waals surface area contributed by atoms with Crippen molar-refractivity contribution in [3.63, 3.8) is 0 Å². The predicted octanol–water partition coefficient (Wildman–Crippen LogP) is 0.878. The van der Waals surface area contributed by atoms with Gasteiger partial charge in [-0.1, -0.05) is 6.58 Å². The lowest BCUT2D eigenvalue weighted by Crippen LogP contribution is -2.42. The second-order valence-corrected chi connectivity index (χ2v) is 6.55. The van der Waals surface area contributed by atoms with Crippen LogP contribution < -0.4 is 5.48 Å². The second kappa shape index (κ2) is 8.37. The van der Waals surface area contributed by atoms with Gasteiger partial charge in [0.05, 0.1) is 6.61 Å². The van der Waals surface area contributed by atoms with Crippen LogP contribution in [0.5, 0.6) is 0 Å². The van der Waals surface area contributed by atoms with Crippen molar-refractivity contribution < 1.29 is 22.9 Å². The van der Waals surface area contributed by atoms with E-state index in [0.29, 0.717) is 24.6 Å². The third-order valence-electron chi connectivity index (χ3n) is 2.21. The molecule has 0 aromatic heterocycles. The highest BCUT2D eigenvalue weighted by atomic mass is 28.4. The molecule has 17 heavy (non-hydrogen) atoms. The van der Waals surface area contributed by atoms with Gasteiger partial charge >= 0.3 is 8.80 Å². The number of hydrogen-bond acceptors (Lipinski definition) is 5. The van der Waals surface area contributed by atoms with Gasteiger partial charge in [0.15, 0.2) is 0 Å². The third kappa shape index (κ3) is 5.94. The van der Waals surface area contributed by atoms with E-state index >= 15 is 0 Å². The normalized spacial score (nSPS) is 11.3. The largest absolute Gasteiger partial charge is 0.500 e. The molecule has 0 heterocycles. The summed E-state index contributed by atoms with van der Waals surface area (Å²) >= 11 is 0. The van der Waals surface area contributed by atoms with Gasteiger partial charge in [0.2, 0.25) is 0 Å². The van der Waals surface area contributed by atoms with Crippen molar-refractivity contribution in [1.29, 1.82) is 0 Å². The Hall–Kier alpha value is -0.733. The minimum absolute atomic E-state index is 0.321. The molecule has 7 heteroatoms. The lowest BCUT2D eigenvalue weighted by atomic mass is 10.3. The first-order valence-electron chi connectivity index (χ1n) is 5.24. The van der Waals surface area contributed by atoms with Crippen molar-refractivity contribution in [2.75, 3.05) is 27.9 Å². The summed E-state index contributed by atoms with van der Waals surface area (Å²) in [6.07, 6.45) is 0.665. The zero-order valence-electron chi connectivity index (χ0n) is 10.9. The van der Waals surface area contributed by atoms with E-state index in [1.165, 1.54) is 0 Å². The SMILES string of the molecule is C=C(C)C(=O)NOCCC[Si](OC)(OC)OC. The summed E-state index contributed by atoms with van der Waals surface area (Å²) in [6.45, 7) is 5.46. The maximum atomic E-state index is 11.1. The summed E-state index contributed by atoms with van der Waals surface area (Å²) in [7, 11) is 2.15. The molecule has 1 N–H and O–H groups in total.